The normalized spacial score (nSPS) is 12.3. The minimum absolute atomic E-state index is 0.0158. The molecule has 31 heavy (non-hydrogen) atoms. The van der Waals surface area contributed by atoms with Crippen LogP contribution in [0.4, 0.5) is 11.6 Å². The lowest BCUT2D eigenvalue weighted by molar-refractivity contribution is 0.0934. The molecule has 0 aliphatic rings. The predicted molar refractivity (Wildman–Crippen MR) is 118 cm³/mol. The number of carbonyl (C=O) groups excluding carboxylic acids is 2. The highest BCUT2D eigenvalue weighted by Gasteiger charge is 2.21. The molecule has 1 unspecified atom stereocenters. The van der Waals surface area contributed by atoms with Crippen LogP contribution in [0.25, 0.3) is 0 Å². The van der Waals surface area contributed by atoms with Crippen LogP contribution in [0.5, 0.6) is 0 Å². The highest BCUT2D eigenvalue weighted by molar-refractivity contribution is 7.13. The molecule has 0 bridgehead atoms. The number of carbonyl (C=O) groups is 2. The minimum atomic E-state index is -0.525. The van der Waals surface area contributed by atoms with Crippen molar-refractivity contribution in [2.45, 2.75) is 39.2 Å². The van der Waals surface area contributed by atoms with E-state index in [1.54, 1.807) is 13.0 Å². The van der Waals surface area contributed by atoms with E-state index in [2.05, 4.69) is 35.6 Å². The summed E-state index contributed by atoms with van der Waals surface area (Å²) in [4.78, 5) is 45.6. The van der Waals surface area contributed by atoms with Crippen molar-refractivity contribution in [1.29, 1.82) is 0 Å². The first kappa shape index (κ1) is 22.5. The van der Waals surface area contributed by atoms with E-state index in [-0.39, 0.29) is 27.9 Å². The summed E-state index contributed by atoms with van der Waals surface area (Å²) >= 11 is 7.14. The van der Waals surface area contributed by atoms with Crippen LogP contribution in [0.1, 0.15) is 64.6 Å². The number of amides is 2. The zero-order valence-electron chi connectivity index (χ0n) is 17.3. The van der Waals surface area contributed by atoms with Crippen LogP contribution < -0.4 is 16.4 Å². The van der Waals surface area contributed by atoms with Crippen LogP contribution in [0.2, 0.25) is 5.02 Å². The molecule has 0 radical (unpaired) electrons. The third kappa shape index (κ3) is 5.30. The van der Waals surface area contributed by atoms with Gasteiger partial charge in [0, 0.05) is 11.5 Å². The molecule has 0 spiro atoms. The average Bonchev–Trinajstić information content (AvgIpc) is 3.20. The van der Waals surface area contributed by atoms with Crippen LogP contribution in [0.15, 0.2) is 24.9 Å². The molecule has 162 valence electrons. The molecule has 3 heterocycles. The molecule has 4 N–H and O–H groups in total. The van der Waals surface area contributed by atoms with E-state index in [1.165, 1.54) is 12.5 Å². The Bertz CT molecular complexity index is 1130. The van der Waals surface area contributed by atoms with Gasteiger partial charge in [-0.2, -0.15) is 0 Å². The van der Waals surface area contributed by atoms with Crippen LogP contribution in [-0.4, -0.2) is 36.7 Å². The fourth-order valence-electron chi connectivity index (χ4n) is 2.48. The molecule has 1 atom stereocenters. The van der Waals surface area contributed by atoms with E-state index in [9.17, 15) is 9.59 Å². The summed E-state index contributed by atoms with van der Waals surface area (Å²) in [6.45, 7) is 7.80. The molecule has 0 aliphatic carbocycles. The predicted octanol–water partition coefficient (Wildman–Crippen LogP) is 3.00. The maximum absolute atomic E-state index is 12.6. The van der Waals surface area contributed by atoms with E-state index in [0.717, 1.165) is 23.4 Å². The van der Waals surface area contributed by atoms with Crippen LogP contribution in [0, 0.1) is 0 Å². The summed E-state index contributed by atoms with van der Waals surface area (Å²) in [6, 6.07) is 1.25. The minimum Gasteiger partial charge on any atom is -0.382 e. The summed E-state index contributed by atoms with van der Waals surface area (Å²) < 4.78 is 0. The van der Waals surface area contributed by atoms with Crippen molar-refractivity contribution in [3.05, 3.63) is 51.2 Å². The number of hydrogen-bond acceptors (Lipinski definition) is 9. The van der Waals surface area contributed by atoms with Gasteiger partial charge in [0.1, 0.15) is 39.2 Å². The highest BCUT2D eigenvalue weighted by Crippen LogP contribution is 2.24. The lowest BCUT2D eigenvalue weighted by Crippen LogP contribution is -2.28. The van der Waals surface area contributed by atoms with E-state index >= 15 is 0 Å². The topological polar surface area (TPSA) is 149 Å². The van der Waals surface area contributed by atoms with Gasteiger partial charge in [-0.15, -0.1) is 11.3 Å². The standard InChI is InChI=1S/C19H21ClN8O2S/c1-9(27-17(30)14-13(20)15(21)26-8-25-14)18-22-6-10(31-18)16(29)28-12-5-11(19(2,3)4)23-7-24-12/h5-9H,1-4H3,(H,27,30)(H2,21,25,26)(H,23,24,28,29). The molecule has 2 amide bonds. The smallest absolute Gasteiger partial charge is 0.272 e. The summed E-state index contributed by atoms with van der Waals surface area (Å²) in [5, 5.41) is 6.00. The summed E-state index contributed by atoms with van der Waals surface area (Å²) in [6.07, 6.45) is 4.02. The lowest BCUT2D eigenvalue weighted by atomic mass is 9.92. The number of nitrogens with zero attached hydrogens (tertiary/aromatic N) is 5. The Morgan fingerprint density at radius 3 is 2.52 bits per heavy atom. The Balaban J connectivity index is 1.68. The molecule has 0 aliphatic heterocycles. The van der Waals surface area contributed by atoms with Gasteiger partial charge in [0.2, 0.25) is 0 Å². The van der Waals surface area contributed by atoms with Gasteiger partial charge in [-0.3, -0.25) is 9.59 Å². The van der Waals surface area contributed by atoms with E-state index in [4.69, 9.17) is 17.3 Å². The molecule has 3 rings (SSSR count). The average molecular weight is 461 g/mol. The maximum atomic E-state index is 12.6. The fourth-order valence-corrected chi connectivity index (χ4v) is 3.47. The van der Waals surface area contributed by atoms with Gasteiger partial charge in [0.05, 0.1) is 17.9 Å². The van der Waals surface area contributed by atoms with Gasteiger partial charge < -0.3 is 16.4 Å². The van der Waals surface area contributed by atoms with Gasteiger partial charge in [-0.25, -0.2) is 24.9 Å². The lowest BCUT2D eigenvalue weighted by Gasteiger charge is -2.17. The van der Waals surface area contributed by atoms with Crippen molar-refractivity contribution < 1.29 is 9.59 Å². The Labute approximate surface area is 187 Å². The molecule has 10 nitrogen and oxygen atoms in total. The fraction of sp³-hybridized carbons (Fsp3) is 0.316. The molecule has 0 saturated carbocycles. The Morgan fingerprint density at radius 2 is 1.81 bits per heavy atom. The summed E-state index contributed by atoms with van der Waals surface area (Å²) in [5.41, 5.74) is 6.21. The van der Waals surface area contributed by atoms with Crippen molar-refractivity contribution >= 4 is 46.4 Å². The number of rotatable bonds is 5. The van der Waals surface area contributed by atoms with Gasteiger partial charge in [-0.1, -0.05) is 32.4 Å². The van der Waals surface area contributed by atoms with Crippen molar-refractivity contribution in [1.82, 2.24) is 30.2 Å². The highest BCUT2D eigenvalue weighted by atomic mass is 35.5. The Hall–Kier alpha value is -3.18. The molecule has 0 fully saturated rings. The van der Waals surface area contributed by atoms with Gasteiger partial charge in [-0.05, 0) is 6.92 Å². The molecular weight excluding hydrogens is 440 g/mol. The number of thiazole rings is 1. The molecule has 3 aromatic heterocycles. The zero-order chi connectivity index (χ0) is 22.8. The zero-order valence-corrected chi connectivity index (χ0v) is 18.9. The summed E-state index contributed by atoms with van der Waals surface area (Å²) in [5.74, 6) is -0.463. The molecule has 12 heteroatoms. The molecule has 0 saturated heterocycles. The first-order valence-corrected chi connectivity index (χ1v) is 10.4. The second kappa shape index (κ2) is 8.90. The third-order valence-corrected chi connectivity index (χ3v) is 5.73. The number of anilines is 2. The first-order valence-electron chi connectivity index (χ1n) is 9.22. The van der Waals surface area contributed by atoms with Crippen LogP contribution in [-0.2, 0) is 5.41 Å². The SMILES string of the molecule is CC(NC(=O)c1ncnc(N)c1Cl)c1ncc(C(=O)Nc2cc(C(C)(C)C)ncn2)s1. The van der Waals surface area contributed by atoms with E-state index < -0.39 is 11.9 Å². The Morgan fingerprint density at radius 1 is 1.10 bits per heavy atom. The number of nitrogens with one attached hydrogen (secondary N) is 2. The number of halogens is 1. The monoisotopic (exact) mass is 460 g/mol. The van der Waals surface area contributed by atoms with E-state index in [1.807, 2.05) is 20.8 Å². The number of aromatic nitrogens is 5. The first-order chi connectivity index (χ1) is 14.6. The number of hydrogen-bond donors (Lipinski definition) is 3. The maximum Gasteiger partial charge on any atom is 0.272 e. The molecular formula is C19H21ClN8O2S. The Kier molecular flexibility index (Phi) is 6.46. The van der Waals surface area contributed by atoms with Crippen LogP contribution >= 0.6 is 22.9 Å². The van der Waals surface area contributed by atoms with Gasteiger partial charge >= 0.3 is 0 Å². The van der Waals surface area contributed by atoms with Crippen LogP contribution in [0.3, 0.4) is 0 Å². The number of nitrogens with two attached hydrogens (primary N) is 1. The second-order valence-corrected chi connectivity index (χ2v) is 9.11. The van der Waals surface area contributed by atoms with E-state index in [0.29, 0.717) is 15.7 Å². The number of nitrogen functional groups attached to an aromatic ring is 1. The largest absolute Gasteiger partial charge is 0.382 e. The van der Waals surface area contributed by atoms with Gasteiger partial charge in [0.15, 0.2) is 5.69 Å². The van der Waals surface area contributed by atoms with Crippen molar-refractivity contribution in [3.8, 4) is 0 Å². The third-order valence-electron chi connectivity index (χ3n) is 4.17. The van der Waals surface area contributed by atoms with Crippen molar-refractivity contribution in [3.63, 3.8) is 0 Å². The second-order valence-electron chi connectivity index (χ2n) is 7.67. The molecule has 0 aromatic carbocycles. The summed E-state index contributed by atoms with van der Waals surface area (Å²) in [7, 11) is 0. The molecule has 3 aromatic rings. The quantitative estimate of drug-likeness (QED) is 0.526. The van der Waals surface area contributed by atoms with Crippen molar-refractivity contribution in [2.75, 3.05) is 11.1 Å². The van der Waals surface area contributed by atoms with Crippen molar-refractivity contribution in [2.24, 2.45) is 0 Å². The van der Waals surface area contributed by atoms with Gasteiger partial charge in [0.25, 0.3) is 11.8 Å².